The van der Waals surface area contributed by atoms with Crippen molar-refractivity contribution in [3.8, 4) is 17.1 Å². The van der Waals surface area contributed by atoms with Gasteiger partial charge in [0, 0.05) is 28.6 Å². The summed E-state index contributed by atoms with van der Waals surface area (Å²) in [6, 6.07) is 13.0. The molecular formula is C19H18BrN3O3. The second-order valence-corrected chi connectivity index (χ2v) is 6.61. The average Bonchev–Trinajstić information content (AvgIpc) is 3.12. The molecule has 0 radical (unpaired) electrons. The second kappa shape index (κ2) is 8.14. The van der Waals surface area contributed by atoms with Gasteiger partial charge in [0.15, 0.2) is 0 Å². The summed E-state index contributed by atoms with van der Waals surface area (Å²) >= 11 is 3.44. The summed E-state index contributed by atoms with van der Waals surface area (Å²) < 4.78 is 11.4. The van der Waals surface area contributed by atoms with Crippen LogP contribution in [0.4, 0.5) is 5.69 Å². The van der Waals surface area contributed by atoms with Crippen LogP contribution in [0.15, 0.2) is 51.5 Å². The molecule has 1 amide bonds. The molecule has 2 aromatic carbocycles. The number of anilines is 1. The molecule has 0 aliphatic heterocycles. The van der Waals surface area contributed by atoms with Crippen molar-refractivity contribution in [3.05, 3.63) is 58.4 Å². The van der Waals surface area contributed by atoms with Crippen LogP contribution in [0, 0.1) is 6.92 Å². The molecule has 1 N–H and O–H groups in total. The van der Waals surface area contributed by atoms with Gasteiger partial charge in [-0.05, 0) is 55.0 Å². The Labute approximate surface area is 159 Å². The number of rotatable bonds is 6. The summed E-state index contributed by atoms with van der Waals surface area (Å²) in [7, 11) is 1.61. The Kier molecular flexibility index (Phi) is 5.68. The van der Waals surface area contributed by atoms with E-state index in [1.807, 2.05) is 49.4 Å². The molecule has 0 unspecified atom stereocenters. The first-order valence-electron chi connectivity index (χ1n) is 8.08. The van der Waals surface area contributed by atoms with Crippen LogP contribution in [0.25, 0.3) is 11.4 Å². The molecule has 0 spiro atoms. The van der Waals surface area contributed by atoms with Crippen LogP contribution < -0.4 is 10.1 Å². The van der Waals surface area contributed by atoms with E-state index in [0.29, 0.717) is 18.1 Å². The molecule has 3 aromatic rings. The number of halogens is 1. The standard InChI is InChI=1S/C19H18BrN3O3/c1-12-11-14(5-8-16(12)20)21-17(24)9-10-18-22-19(23-26-18)13-3-6-15(25-2)7-4-13/h3-8,11H,9-10H2,1-2H3,(H,21,24). The Morgan fingerprint density at radius 2 is 2.00 bits per heavy atom. The minimum absolute atomic E-state index is 0.101. The largest absolute Gasteiger partial charge is 0.497 e. The van der Waals surface area contributed by atoms with Gasteiger partial charge in [0.2, 0.25) is 17.6 Å². The number of nitrogens with zero attached hydrogens (tertiary/aromatic N) is 2. The number of hydrogen-bond acceptors (Lipinski definition) is 5. The number of hydrogen-bond donors (Lipinski definition) is 1. The molecule has 6 nitrogen and oxygen atoms in total. The number of aryl methyl sites for hydroxylation is 2. The van der Waals surface area contributed by atoms with Gasteiger partial charge in [-0.15, -0.1) is 0 Å². The quantitative estimate of drug-likeness (QED) is 0.645. The minimum atomic E-state index is -0.101. The lowest BCUT2D eigenvalue weighted by Gasteiger charge is -2.06. The van der Waals surface area contributed by atoms with Gasteiger partial charge in [-0.25, -0.2) is 0 Å². The number of methoxy groups -OCH3 is 1. The molecular weight excluding hydrogens is 398 g/mol. The first-order chi connectivity index (χ1) is 12.5. The molecule has 0 saturated heterocycles. The van der Waals surface area contributed by atoms with Crippen molar-refractivity contribution < 1.29 is 14.1 Å². The molecule has 0 saturated carbocycles. The van der Waals surface area contributed by atoms with E-state index in [4.69, 9.17) is 9.26 Å². The number of ether oxygens (including phenoxy) is 1. The number of nitrogens with one attached hydrogen (secondary N) is 1. The summed E-state index contributed by atoms with van der Waals surface area (Å²) in [6.45, 7) is 1.97. The molecule has 134 valence electrons. The SMILES string of the molecule is COc1ccc(-c2noc(CCC(=O)Nc3ccc(Br)c(C)c3)n2)cc1. The Bertz CT molecular complexity index is 907. The van der Waals surface area contributed by atoms with Crippen molar-refractivity contribution >= 4 is 27.5 Å². The second-order valence-electron chi connectivity index (χ2n) is 5.75. The predicted octanol–water partition coefficient (Wildman–Crippen LogP) is 4.39. The topological polar surface area (TPSA) is 77.2 Å². The van der Waals surface area contributed by atoms with Crippen LogP contribution in [0.5, 0.6) is 5.75 Å². The van der Waals surface area contributed by atoms with E-state index in [2.05, 4.69) is 31.4 Å². The van der Waals surface area contributed by atoms with Crippen molar-refractivity contribution in [2.24, 2.45) is 0 Å². The van der Waals surface area contributed by atoms with Crippen LogP contribution in [0.2, 0.25) is 0 Å². The van der Waals surface area contributed by atoms with E-state index in [9.17, 15) is 4.79 Å². The van der Waals surface area contributed by atoms with Crippen molar-refractivity contribution in [1.29, 1.82) is 0 Å². The minimum Gasteiger partial charge on any atom is -0.497 e. The van der Waals surface area contributed by atoms with Gasteiger partial charge in [-0.1, -0.05) is 21.1 Å². The lowest BCUT2D eigenvalue weighted by Crippen LogP contribution is -2.12. The van der Waals surface area contributed by atoms with Gasteiger partial charge in [0.05, 0.1) is 7.11 Å². The maximum Gasteiger partial charge on any atom is 0.227 e. The third kappa shape index (κ3) is 4.49. The Morgan fingerprint density at radius 3 is 2.69 bits per heavy atom. The van der Waals surface area contributed by atoms with Crippen LogP contribution in [0.3, 0.4) is 0 Å². The van der Waals surface area contributed by atoms with Crippen molar-refractivity contribution in [1.82, 2.24) is 10.1 Å². The monoisotopic (exact) mass is 415 g/mol. The zero-order valence-corrected chi connectivity index (χ0v) is 16.0. The first kappa shape index (κ1) is 18.1. The van der Waals surface area contributed by atoms with Crippen molar-refractivity contribution in [2.45, 2.75) is 19.8 Å². The lowest BCUT2D eigenvalue weighted by atomic mass is 10.2. The zero-order chi connectivity index (χ0) is 18.5. The molecule has 0 bridgehead atoms. The summed E-state index contributed by atoms with van der Waals surface area (Å²) in [4.78, 5) is 16.4. The average molecular weight is 416 g/mol. The van der Waals surface area contributed by atoms with Gasteiger partial charge >= 0.3 is 0 Å². The third-order valence-corrected chi connectivity index (χ3v) is 4.71. The fourth-order valence-electron chi connectivity index (χ4n) is 2.38. The van der Waals surface area contributed by atoms with Crippen LogP contribution >= 0.6 is 15.9 Å². The van der Waals surface area contributed by atoms with Gasteiger partial charge in [0.25, 0.3) is 0 Å². The van der Waals surface area contributed by atoms with E-state index < -0.39 is 0 Å². The van der Waals surface area contributed by atoms with E-state index >= 15 is 0 Å². The Morgan fingerprint density at radius 1 is 1.23 bits per heavy atom. The molecule has 1 heterocycles. The van der Waals surface area contributed by atoms with Gasteiger partial charge in [-0.3, -0.25) is 4.79 Å². The van der Waals surface area contributed by atoms with E-state index in [-0.39, 0.29) is 12.3 Å². The van der Waals surface area contributed by atoms with Crippen molar-refractivity contribution in [3.63, 3.8) is 0 Å². The highest BCUT2D eigenvalue weighted by molar-refractivity contribution is 9.10. The molecule has 0 atom stereocenters. The maximum absolute atomic E-state index is 12.1. The van der Waals surface area contributed by atoms with Crippen LogP contribution in [0.1, 0.15) is 17.9 Å². The number of carbonyl (C=O) groups is 1. The molecule has 0 fully saturated rings. The molecule has 26 heavy (non-hydrogen) atoms. The molecule has 0 aliphatic carbocycles. The van der Waals surface area contributed by atoms with E-state index in [1.165, 1.54) is 0 Å². The fourth-order valence-corrected chi connectivity index (χ4v) is 2.63. The highest BCUT2D eigenvalue weighted by Crippen LogP contribution is 2.21. The normalized spacial score (nSPS) is 10.6. The molecule has 0 aliphatic rings. The number of carbonyl (C=O) groups excluding carboxylic acids is 1. The van der Waals surface area contributed by atoms with Crippen LogP contribution in [-0.2, 0) is 11.2 Å². The van der Waals surface area contributed by atoms with E-state index in [1.54, 1.807) is 7.11 Å². The lowest BCUT2D eigenvalue weighted by molar-refractivity contribution is -0.116. The molecule has 3 rings (SSSR count). The van der Waals surface area contributed by atoms with Gasteiger partial charge in [0.1, 0.15) is 5.75 Å². The fraction of sp³-hybridized carbons (Fsp3) is 0.211. The Balaban J connectivity index is 1.56. The van der Waals surface area contributed by atoms with E-state index in [0.717, 1.165) is 27.0 Å². The smallest absolute Gasteiger partial charge is 0.227 e. The van der Waals surface area contributed by atoms with Gasteiger partial charge in [-0.2, -0.15) is 4.98 Å². The zero-order valence-electron chi connectivity index (χ0n) is 14.5. The third-order valence-electron chi connectivity index (χ3n) is 3.82. The first-order valence-corrected chi connectivity index (χ1v) is 8.87. The highest BCUT2D eigenvalue weighted by atomic mass is 79.9. The number of benzene rings is 2. The molecule has 7 heteroatoms. The van der Waals surface area contributed by atoms with Gasteiger partial charge < -0.3 is 14.6 Å². The summed E-state index contributed by atoms with van der Waals surface area (Å²) in [6.07, 6.45) is 0.643. The number of amides is 1. The molecule has 1 aromatic heterocycles. The van der Waals surface area contributed by atoms with Crippen LogP contribution in [-0.4, -0.2) is 23.2 Å². The predicted molar refractivity (Wildman–Crippen MR) is 102 cm³/mol. The Hall–Kier alpha value is -2.67. The highest BCUT2D eigenvalue weighted by Gasteiger charge is 2.11. The summed E-state index contributed by atoms with van der Waals surface area (Å²) in [5, 5.41) is 6.83. The van der Waals surface area contributed by atoms with Crippen molar-refractivity contribution in [2.75, 3.05) is 12.4 Å². The maximum atomic E-state index is 12.1. The number of aromatic nitrogens is 2. The summed E-state index contributed by atoms with van der Waals surface area (Å²) in [5.41, 5.74) is 2.65. The summed E-state index contributed by atoms with van der Waals surface area (Å²) in [5.74, 6) is 1.58.